The van der Waals surface area contributed by atoms with Crippen molar-refractivity contribution < 1.29 is 17.9 Å². The summed E-state index contributed by atoms with van der Waals surface area (Å²) in [4.78, 5) is 5.89. The van der Waals surface area contributed by atoms with Crippen LogP contribution in [0.25, 0.3) is 10.6 Å². The molecule has 1 aliphatic heterocycles. The maximum atomic E-state index is 12.6. The van der Waals surface area contributed by atoms with Gasteiger partial charge < -0.3 is 9.47 Å². The van der Waals surface area contributed by atoms with E-state index in [2.05, 4.69) is 40.9 Å². The van der Waals surface area contributed by atoms with Crippen molar-refractivity contribution in [1.29, 1.82) is 0 Å². The van der Waals surface area contributed by atoms with Crippen LogP contribution in [0.5, 0.6) is 11.5 Å². The van der Waals surface area contributed by atoms with Gasteiger partial charge in [-0.2, -0.15) is 0 Å². The molecule has 6 nitrogen and oxygen atoms in total. The van der Waals surface area contributed by atoms with Crippen molar-refractivity contribution in [3.63, 3.8) is 0 Å². The van der Waals surface area contributed by atoms with Gasteiger partial charge in [-0.25, -0.2) is 18.1 Å². The number of fused-ring (bicyclic) bond motifs is 1. The normalized spacial score (nSPS) is 13.4. The van der Waals surface area contributed by atoms with E-state index in [0.29, 0.717) is 37.7 Å². The molecule has 0 saturated heterocycles. The van der Waals surface area contributed by atoms with Crippen LogP contribution in [0.1, 0.15) is 16.1 Å². The van der Waals surface area contributed by atoms with E-state index < -0.39 is 10.0 Å². The van der Waals surface area contributed by atoms with E-state index in [4.69, 9.17) is 9.47 Å². The first-order chi connectivity index (χ1) is 13.9. The van der Waals surface area contributed by atoms with E-state index in [1.807, 2.05) is 6.92 Å². The molecule has 1 N–H and O–H groups in total. The molecule has 29 heavy (non-hydrogen) atoms. The van der Waals surface area contributed by atoms with Crippen molar-refractivity contribution in [1.82, 2.24) is 9.71 Å². The molecule has 1 aliphatic rings. The number of hydrogen-bond acceptors (Lipinski definition) is 6. The minimum absolute atomic E-state index is 0.170. The highest BCUT2D eigenvalue weighted by atomic mass is 32.2. The summed E-state index contributed by atoms with van der Waals surface area (Å²) in [6.45, 7) is 5.19. The Morgan fingerprint density at radius 3 is 2.52 bits per heavy atom. The lowest BCUT2D eigenvalue weighted by Crippen LogP contribution is -2.26. The number of benzene rings is 2. The molecule has 0 saturated carbocycles. The fraction of sp³-hybridized carbons (Fsp3) is 0.286. The molecule has 8 heteroatoms. The number of hydrogen-bond donors (Lipinski definition) is 1. The molecule has 0 fully saturated rings. The highest BCUT2D eigenvalue weighted by Crippen LogP contribution is 2.32. The Labute approximate surface area is 174 Å². The van der Waals surface area contributed by atoms with Gasteiger partial charge >= 0.3 is 0 Å². The molecule has 2 aromatic carbocycles. The summed E-state index contributed by atoms with van der Waals surface area (Å²) in [6, 6.07) is 12.9. The fourth-order valence-corrected chi connectivity index (χ4v) is 5.17. The Bertz CT molecular complexity index is 1120. The maximum Gasteiger partial charge on any atom is 0.240 e. The van der Waals surface area contributed by atoms with Gasteiger partial charge in [-0.15, -0.1) is 11.3 Å². The van der Waals surface area contributed by atoms with E-state index in [1.165, 1.54) is 17.7 Å². The van der Waals surface area contributed by atoms with Crippen molar-refractivity contribution in [3.8, 4) is 22.1 Å². The lowest BCUT2D eigenvalue weighted by atomic mass is 10.2. The molecule has 0 amide bonds. The summed E-state index contributed by atoms with van der Waals surface area (Å²) < 4.78 is 38.9. The summed E-state index contributed by atoms with van der Waals surface area (Å²) in [5, 5.41) is 0.951. The Kier molecular flexibility index (Phi) is 5.58. The van der Waals surface area contributed by atoms with Crippen LogP contribution in [-0.4, -0.2) is 33.2 Å². The average molecular weight is 431 g/mol. The smallest absolute Gasteiger partial charge is 0.240 e. The molecule has 4 rings (SSSR count). The summed E-state index contributed by atoms with van der Waals surface area (Å²) in [5.41, 5.74) is 3.21. The van der Waals surface area contributed by atoms with E-state index in [-0.39, 0.29) is 4.90 Å². The second kappa shape index (κ2) is 8.14. The highest BCUT2D eigenvalue weighted by molar-refractivity contribution is 7.89. The summed E-state index contributed by atoms with van der Waals surface area (Å²) in [7, 11) is -3.63. The number of aryl methyl sites for hydroxylation is 2. The molecule has 0 aliphatic carbocycles. The second-order valence-corrected chi connectivity index (χ2v) is 9.70. The lowest BCUT2D eigenvalue weighted by Gasteiger charge is -2.18. The third-order valence-corrected chi connectivity index (χ3v) is 7.38. The van der Waals surface area contributed by atoms with Crippen molar-refractivity contribution in [3.05, 3.63) is 58.6 Å². The molecular formula is C21H22N2O4S2. The van der Waals surface area contributed by atoms with Crippen LogP contribution in [0.15, 0.2) is 47.4 Å². The average Bonchev–Trinajstić information content (AvgIpc) is 3.08. The number of ether oxygens (including phenoxy) is 2. The zero-order valence-electron chi connectivity index (χ0n) is 16.3. The number of thiazole rings is 1. The van der Waals surface area contributed by atoms with Crippen molar-refractivity contribution in [2.75, 3.05) is 19.8 Å². The van der Waals surface area contributed by atoms with Crippen LogP contribution in [0.2, 0.25) is 0 Å². The molecule has 0 atom stereocenters. The third-order valence-electron chi connectivity index (χ3n) is 4.66. The predicted molar refractivity (Wildman–Crippen MR) is 113 cm³/mol. The van der Waals surface area contributed by atoms with Gasteiger partial charge in [-0.3, -0.25) is 0 Å². The van der Waals surface area contributed by atoms with Crippen molar-refractivity contribution in [2.24, 2.45) is 0 Å². The van der Waals surface area contributed by atoms with Gasteiger partial charge in [-0.05, 0) is 32.4 Å². The van der Waals surface area contributed by atoms with Crippen LogP contribution < -0.4 is 14.2 Å². The first kappa shape index (κ1) is 19.9. The first-order valence-corrected chi connectivity index (χ1v) is 11.6. The highest BCUT2D eigenvalue weighted by Gasteiger charge is 2.19. The summed E-state index contributed by atoms with van der Waals surface area (Å²) in [6.07, 6.45) is 0.582. The standard InChI is InChI=1S/C21H22N2O4S2/c1-14-3-5-16(6-4-14)21-23-15(2)20(28-21)9-10-22-29(24,25)17-7-8-18-19(13-17)27-12-11-26-18/h3-8,13,22H,9-12H2,1-2H3. The molecule has 0 unspecified atom stereocenters. The molecule has 1 aromatic heterocycles. The maximum absolute atomic E-state index is 12.6. The summed E-state index contributed by atoms with van der Waals surface area (Å²) in [5.74, 6) is 1.03. The van der Waals surface area contributed by atoms with Crippen molar-refractivity contribution >= 4 is 21.4 Å². The van der Waals surface area contributed by atoms with Crippen LogP contribution in [0, 0.1) is 13.8 Å². The Balaban J connectivity index is 1.42. The zero-order chi connectivity index (χ0) is 20.4. The van der Waals surface area contributed by atoms with Crippen LogP contribution in [-0.2, 0) is 16.4 Å². The molecule has 0 bridgehead atoms. The number of aromatic nitrogens is 1. The van der Waals surface area contributed by atoms with Gasteiger partial charge in [0.2, 0.25) is 10.0 Å². The quantitative estimate of drug-likeness (QED) is 0.645. The number of sulfonamides is 1. The Morgan fingerprint density at radius 1 is 1.03 bits per heavy atom. The van der Waals surface area contributed by atoms with E-state index in [9.17, 15) is 8.42 Å². The summed E-state index contributed by atoms with van der Waals surface area (Å²) >= 11 is 1.60. The fourth-order valence-electron chi connectivity index (χ4n) is 3.05. The van der Waals surface area contributed by atoms with Gasteiger partial charge in [0.15, 0.2) is 11.5 Å². The Morgan fingerprint density at radius 2 is 1.76 bits per heavy atom. The largest absolute Gasteiger partial charge is 0.486 e. The van der Waals surface area contributed by atoms with Crippen LogP contribution >= 0.6 is 11.3 Å². The van der Waals surface area contributed by atoms with Crippen LogP contribution in [0.4, 0.5) is 0 Å². The van der Waals surface area contributed by atoms with Crippen LogP contribution in [0.3, 0.4) is 0 Å². The lowest BCUT2D eigenvalue weighted by molar-refractivity contribution is 0.171. The monoisotopic (exact) mass is 430 g/mol. The van der Waals surface area contributed by atoms with Gasteiger partial charge in [0, 0.05) is 23.1 Å². The molecule has 0 radical (unpaired) electrons. The van der Waals surface area contributed by atoms with Gasteiger partial charge in [0.25, 0.3) is 0 Å². The SMILES string of the molecule is Cc1ccc(-c2nc(C)c(CCNS(=O)(=O)c3ccc4c(c3)OCCO4)s2)cc1. The number of nitrogens with zero attached hydrogens (tertiary/aromatic N) is 1. The molecule has 152 valence electrons. The van der Waals surface area contributed by atoms with Gasteiger partial charge in [-0.1, -0.05) is 29.8 Å². The zero-order valence-corrected chi connectivity index (χ0v) is 17.9. The molecule has 2 heterocycles. The first-order valence-electron chi connectivity index (χ1n) is 9.35. The molecule has 3 aromatic rings. The van der Waals surface area contributed by atoms with E-state index >= 15 is 0 Å². The van der Waals surface area contributed by atoms with Gasteiger partial charge in [0.1, 0.15) is 18.2 Å². The van der Waals surface area contributed by atoms with Crippen molar-refractivity contribution in [2.45, 2.75) is 25.2 Å². The minimum Gasteiger partial charge on any atom is -0.486 e. The van der Waals surface area contributed by atoms with Gasteiger partial charge in [0.05, 0.1) is 10.6 Å². The van der Waals surface area contributed by atoms with E-state index in [0.717, 1.165) is 21.1 Å². The third kappa shape index (κ3) is 4.44. The number of rotatable bonds is 6. The number of nitrogens with one attached hydrogen (secondary N) is 1. The minimum atomic E-state index is -3.63. The van der Waals surface area contributed by atoms with E-state index in [1.54, 1.807) is 17.4 Å². The molecular weight excluding hydrogens is 408 g/mol. The topological polar surface area (TPSA) is 77.5 Å². The predicted octanol–water partition coefficient (Wildman–Crippen LogP) is 3.72. The second-order valence-electron chi connectivity index (χ2n) is 6.85. The molecule has 0 spiro atoms. The Hall–Kier alpha value is -2.42.